The van der Waals surface area contributed by atoms with Crippen LogP contribution in [-0.2, 0) is 0 Å². The highest BCUT2D eigenvalue weighted by Crippen LogP contribution is 2.15. The van der Waals surface area contributed by atoms with Crippen LogP contribution in [0.3, 0.4) is 0 Å². The van der Waals surface area contributed by atoms with E-state index >= 15 is 0 Å². The molecule has 1 aliphatic heterocycles. The van der Waals surface area contributed by atoms with Crippen molar-refractivity contribution in [3.05, 3.63) is 0 Å². The number of rotatable bonds is 4. The maximum atomic E-state index is 9.32. The molecule has 0 spiro atoms. The third-order valence-corrected chi connectivity index (χ3v) is 2.92. The monoisotopic (exact) mass is 171 g/mol. The first-order valence-electron chi connectivity index (χ1n) is 5.16. The van der Waals surface area contributed by atoms with Crippen molar-refractivity contribution in [2.75, 3.05) is 19.6 Å². The van der Waals surface area contributed by atoms with Gasteiger partial charge in [-0.15, -0.1) is 0 Å². The van der Waals surface area contributed by atoms with E-state index in [9.17, 15) is 5.11 Å². The first-order valence-corrected chi connectivity index (χ1v) is 5.16. The highest BCUT2D eigenvalue weighted by Gasteiger charge is 2.21. The third-order valence-electron chi connectivity index (χ3n) is 2.92. The quantitative estimate of drug-likeness (QED) is 0.692. The Balaban J connectivity index is 2.21. The summed E-state index contributed by atoms with van der Waals surface area (Å²) in [5.74, 6) is 0.829. The van der Waals surface area contributed by atoms with Gasteiger partial charge in [-0.2, -0.15) is 0 Å². The van der Waals surface area contributed by atoms with Gasteiger partial charge in [0.25, 0.3) is 0 Å². The molecule has 1 aliphatic rings. The molecule has 1 fully saturated rings. The van der Waals surface area contributed by atoms with Gasteiger partial charge in [-0.1, -0.05) is 26.7 Å². The number of aliphatic hydroxyl groups excluding tert-OH is 1. The van der Waals surface area contributed by atoms with Crippen LogP contribution in [0.15, 0.2) is 0 Å². The zero-order chi connectivity index (χ0) is 8.97. The molecule has 0 aromatic rings. The lowest BCUT2D eigenvalue weighted by atomic mass is 10.0. The van der Waals surface area contributed by atoms with E-state index in [2.05, 4.69) is 18.7 Å². The normalized spacial score (nSPS) is 25.5. The van der Waals surface area contributed by atoms with E-state index in [1.165, 1.54) is 19.4 Å². The summed E-state index contributed by atoms with van der Waals surface area (Å²) in [4.78, 5) is 2.39. The Kier molecular flexibility index (Phi) is 4.02. The van der Waals surface area contributed by atoms with Crippen LogP contribution in [0.5, 0.6) is 0 Å². The molecule has 72 valence electrons. The van der Waals surface area contributed by atoms with Crippen molar-refractivity contribution in [2.45, 2.75) is 39.2 Å². The average molecular weight is 171 g/mol. The number of nitrogens with zero attached hydrogens (tertiary/aromatic N) is 1. The molecule has 12 heavy (non-hydrogen) atoms. The Hall–Kier alpha value is -0.0800. The summed E-state index contributed by atoms with van der Waals surface area (Å²) in [7, 11) is 0. The van der Waals surface area contributed by atoms with E-state index in [4.69, 9.17) is 0 Å². The lowest BCUT2D eigenvalue weighted by Crippen LogP contribution is -2.27. The molecule has 1 heterocycles. The van der Waals surface area contributed by atoms with E-state index in [0.29, 0.717) is 0 Å². The molecule has 0 aromatic carbocycles. The van der Waals surface area contributed by atoms with Gasteiger partial charge in [0.05, 0.1) is 6.10 Å². The van der Waals surface area contributed by atoms with Crippen molar-refractivity contribution in [1.29, 1.82) is 0 Å². The summed E-state index contributed by atoms with van der Waals surface area (Å²) in [6, 6.07) is 0. The minimum absolute atomic E-state index is 0.0561. The lowest BCUT2D eigenvalue weighted by Gasteiger charge is -2.20. The van der Waals surface area contributed by atoms with Gasteiger partial charge in [0.2, 0.25) is 0 Å². The molecule has 0 bridgehead atoms. The van der Waals surface area contributed by atoms with E-state index in [1.807, 2.05) is 0 Å². The van der Waals surface area contributed by atoms with Crippen LogP contribution in [0.2, 0.25) is 0 Å². The van der Waals surface area contributed by atoms with Gasteiger partial charge in [0.15, 0.2) is 0 Å². The van der Waals surface area contributed by atoms with Gasteiger partial charge in [0, 0.05) is 19.6 Å². The maximum absolute atomic E-state index is 9.32. The summed E-state index contributed by atoms with van der Waals surface area (Å²) in [5.41, 5.74) is 0. The van der Waals surface area contributed by atoms with Crippen molar-refractivity contribution >= 4 is 0 Å². The summed E-state index contributed by atoms with van der Waals surface area (Å²) in [5, 5.41) is 9.32. The minimum atomic E-state index is -0.0561. The number of β-amino-alcohol motifs (C(OH)–C–C–N with tert-alkyl or cyclic N) is 1. The predicted molar refractivity (Wildman–Crippen MR) is 51.1 cm³/mol. The number of aliphatic hydroxyl groups is 1. The highest BCUT2D eigenvalue weighted by atomic mass is 16.3. The zero-order valence-electron chi connectivity index (χ0n) is 8.29. The SMILES string of the molecule is CCC(CC)CN1CC[C@@H](O)C1. The first-order chi connectivity index (χ1) is 5.76. The second-order valence-corrected chi connectivity index (χ2v) is 3.88. The van der Waals surface area contributed by atoms with Gasteiger partial charge < -0.3 is 10.0 Å². The Morgan fingerprint density at radius 3 is 2.50 bits per heavy atom. The molecule has 2 nitrogen and oxygen atoms in total. The molecule has 0 amide bonds. The molecule has 0 unspecified atom stereocenters. The number of likely N-dealkylation sites (tertiary alicyclic amines) is 1. The van der Waals surface area contributed by atoms with Crippen LogP contribution in [0, 0.1) is 5.92 Å². The molecular weight excluding hydrogens is 150 g/mol. The van der Waals surface area contributed by atoms with Crippen molar-refractivity contribution in [2.24, 2.45) is 5.92 Å². The molecule has 0 aliphatic carbocycles. The Labute approximate surface area is 75.6 Å². The summed E-state index contributed by atoms with van der Waals surface area (Å²) < 4.78 is 0. The summed E-state index contributed by atoms with van der Waals surface area (Å²) >= 11 is 0. The Bertz CT molecular complexity index is 123. The van der Waals surface area contributed by atoms with E-state index in [1.54, 1.807) is 0 Å². The van der Waals surface area contributed by atoms with Gasteiger partial charge in [-0.25, -0.2) is 0 Å². The molecule has 0 saturated carbocycles. The van der Waals surface area contributed by atoms with Crippen LogP contribution in [0.1, 0.15) is 33.1 Å². The topological polar surface area (TPSA) is 23.5 Å². The Morgan fingerprint density at radius 2 is 2.08 bits per heavy atom. The predicted octanol–water partition coefficient (Wildman–Crippen LogP) is 1.49. The largest absolute Gasteiger partial charge is 0.392 e. The maximum Gasteiger partial charge on any atom is 0.0679 e. The Morgan fingerprint density at radius 1 is 1.42 bits per heavy atom. The number of hydrogen-bond acceptors (Lipinski definition) is 2. The van der Waals surface area contributed by atoms with Crippen molar-refractivity contribution < 1.29 is 5.11 Å². The molecule has 0 aromatic heterocycles. The zero-order valence-corrected chi connectivity index (χ0v) is 8.29. The van der Waals surface area contributed by atoms with Crippen LogP contribution < -0.4 is 0 Å². The van der Waals surface area contributed by atoms with Crippen molar-refractivity contribution in [1.82, 2.24) is 4.90 Å². The average Bonchev–Trinajstić information content (AvgIpc) is 2.47. The van der Waals surface area contributed by atoms with Crippen molar-refractivity contribution in [3.63, 3.8) is 0 Å². The fraction of sp³-hybridized carbons (Fsp3) is 1.00. The van der Waals surface area contributed by atoms with Crippen LogP contribution >= 0.6 is 0 Å². The van der Waals surface area contributed by atoms with Gasteiger partial charge in [-0.05, 0) is 12.3 Å². The second-order valence-electron chi connectivity index (χ2n) is 3.88. The van der Waals surface area contributed by atoms with Crippen molar-refractivity contribution in [3.8, 4) is 0 Å². The summed E-state index contributed by atoms with van der Waals surface area (Å²) in [6.45, 7) is 7.68. The molecule has 1 rings (SSSR count). The molecule has 2 heteroatoms. The minimum Gasteiger partial charge on any atom is -0.392 e. The molecule has 1 atom stereocenters. The molecule has 0 radical (unpaired) electrons. The van der Waals surface area contributed by atoms with E-state index < -0.39 is 0 Å². The lowest BCUT2D eigenvalue weighted by molar-refractivity contribution is 0.168. The molecule has 1 saturated heterocycles. The van der Waals surface area contributed by atoms with E-state index in [-0.39, 0.29) is 6.10 Å². The third kappa shape index (κ3) is 2.76. The van der Waals surface area contributed by atoms with Gasteiger partial charge in [-0.3, -0.25) is 0 Å². The second kappa shape index (κ2) is 4.83. The van der Waals surface area contributed by atoms with Gasteiger partial charge in [0.1, 0.15) is 0 Å². The fourth-order valence-corrected chi connectivity index (χ4v) is 1.89. The van der Waals surface area contributed by atoms with Crippen LogP contribution in [-0.4, -0.2) is 35.7 Å². The van der Waals surface area contributed by atoms with E-state index in [0.717, 1.165) is 25.4 Å². The highest BCUT2D eigenvalue weighted by molar-refractivity contribution is 4.75. The number of hydrogen-bond donors (Lipinski definition) is 1. The van der Waals surface area contributed by atoms with Crippen LogP contribution in [0.4, 0.5) is 0 Å². The standard InChI is InChI=1S/C10H21NO/c1-3-9(4-2)7-11-6-5-10(12)8-11/h9-10,12H,3-8H2,1-2H3/t10-/m1/s1. The fourth-order valence-electron chi connectivity index (χ4n) is 1.89. The molecule has 1 N–H and O–H groups in total. The molecular formula is C10H21NO. The van der Waals surface area contributed by atoms with Gasteiger partial charge >= 0.3 is 0 Å². The summed E-state index contributed by atoms with van der Waals surface area (Å²) in [6.07, 6.45) is 3.45. The first kappa shape index (κ1) is 10.0. The smallest absolute Gasteiger partial charge is 0.0679 e. The van der Waals surface area contributed by atoms with Crippen LogP contribution in [0.25, 0.3) is 0 Å².